The number of furan rings is 2. The molecule has 1 aliphatic carbocycles. The molecule has 8 aromatic carbocycles. The minimum atomic E-state index is -0.106. The van der Waals surface area contributed by atoms with Crippen molar-refractivity contribution in [1.82, 2.24) is 4.57 Å². The molecular weight excluding hydrogens is 824 g/mol. The summed E-state index contributed by atoms with van der Waals surface area (Å²) in [5.41, 5.74) is 19.3. The van der Waals surface area contributed by atoms with Crippen LogP contribution < -0.4 is 15.7 Å². The highest BCUT2D eigenvalue weighted by Gasteiger charge is 2.45. The minimum Gasteiger partial charge on any atom is -0.456 e. The Morgan fingerprint density at radius 3 is 2.00 bits per heavy atom. The Morgan fingerprint density at radius 1 is 0.530 bits per heavy atom. The maximum absolute atomic E-state index is 7.03. The van der Waals surface area contributed by atoms with Crippen LogP contribution in [-0.4, -0.2) is 11.4 Å². The van der Waals surface area contributed by atoms with Gasteiger partial charge in [-0.2, -0.15) is 0 Å². The molecule has 0 saturated carbocycles. The topological polar surface area (TPSA) is 34.5 Å². The molecule has 12 aromatic rings. The highest BCUT2D eigenvalue weighted by molar-refractivity contribution is 7.26. The summed E-state index contributed by atoms with van der Waals surface area (Å²) in [5.74, 6) is 0. The fraction of sp³-hybridized carbons (Fsp3) is 0.200. The van der Waals surface area contributed by atoms with Gasteiger partial charge in [-0.05, 0) is 129 Å². The Morgan fingerprint density at radius 2 is 1.20 bits per heavy atom. The van der Waals surface area contributed by atoms with Gasteiger partial charge >= 0.3 is 6.85 Å². The summed E-state index contributed by atoms with van der Waals surface area (Å²) in [7, 11) is 0. The summed E-state index contributed by atoms with van der Waals surface area (Å²) >= 11 is 1.90. The molecule has 2 aliphatic heterocycles. The summed E-state index contributed by atoms with van der Waals surface area (Å²) < 4.78 is 18.9. The van der Waals surface area contributed by atoms with Crippen molar-refractivity contribution in [2.24, 2.45) is 0 Å². The zero-order valence-corrected chi connectivity index (χ0v) is 39.1. The van der Waals surface area contributed by atoms with Crippen LogP contribution in [0.4, 0.5) is 11.4 Å². The molecule has 0 N–H and O–H groups in total. The van der Waals surface area contributed by atoms with Crippen LogP contribution in [0.2, 0.25) is 0 Å². The van der Waals surface area contributed by atoms with Gasteiger partial charge in [0.15, 0.2) is 0 Å². The van der Waals surface area contributed by atoms with E-state index in [0.29, 0.717) is 0 Å². The van der Waals surface area contributed by atoms with Gasteiger partial charge < -0.3 is 18.2 Å². The monoisotopic (exact) mass is 870 g/mol. The molecule has 0 radical (unpaired) electrons. The molecule has 318 valence electrons. The molecule has 0 spiro atoms. The van der Waals surface area contributed by atoms with Crippen LogP contribution in [0.3, 0.4) is 0 Å². The predicted molar refractivity (Wildman–Crippen MR) is 281 cm³/mol. The second-order valence-corrected chi connectivity index (χ2v) is 23.0. The average molecular weight is 871 g/mol. The minimum absolute atomic E-state index is 0.0239. The van der Waals surface area contributed by atoms with E-state index in [1.165, 1.54) is 109 Å². The Labute approximate surface area is 387 Å². The summed E-state index contributed by atoms with van der Waals surface area (Å²) in [4.78, 5) is 2.67. The number of para-hydroxylation sites is 1. The number of fused-ring (bicyclic) bond motifs is 18. The second-order valence-electron chi connectivity index (χ2n) is 21.9. The van der Waals surface area contributed by atoms with Gasteiger partial charge in [0.25, 0.3) is 0 Å². The zero-order valence-electron chi connectivity index (χ0n) is 38.3. The maximum atomic E-state index is 7.03. The Kier molecular flexibility index (Phi) is 6.91. The number of hydrogen-bond acceptors (Lipinski definition) is 4. The van der Waals surface area contributed by atoms with Gasteiger partial charge in [0, 0.05) is 81.2 Å². The highest BCUT2D eigenvalue weighted by atomic mass is 32.1. The number of hydrogen-bond donors (Lipinski definition) is 0. The third-order valence-corrected chi connectivity index (χ3v) is 17.3. The van der Waals surface area contributed by atoms with Gasteiger partial charge in [0.2, 0.25) is 0 Å². The van der Waals surface area contributed by atoms with Gasteiger partial charge in [-0.1, -0.05) is 109 Å². The van der Waals surface area contributed by atoms with Crippen molar-refractivity contribution in [3.8, 4) is 16.8 Å². The van der Waals surface area contributed by atoms with Crippen molar-refractivity contribution in [2.75, 3.05) is 4.81 Å². The van der Waals surface area contributed by atoms with Crippen molar-refractivity contribution >= 4 is 126 Å². The van der Waals surface area contributed by atoms with Crippen molar-refractivity contribution in [3.63, 3.8) is 0 Å². The van der Waals surface area contributed by atoms with Gasteiger partial charge in [0.1, 0.15) is 22.3 Å². The number of rotatable bonds is 1. The summed E-state index contributed by atoms with van der Waals surface area (Å²) in [6.45, 7) is 16.5. The van der Waals surface area contributed by atoms with Gasteiger partial charge in [-0.3, -0.25) is 0 Å². The van der Waals surface area contributed by atoms with Crippen molar-refractivity contribution < 1.29 is 8.83 Å². The first-order chi connectivity index (χ1) is 31.8. The lowest BCUT2D eigenvalue weighted by atomic mass is 9.44. The smallest absolute Gasteiger partial charge is 0.333 e. The highest BCUT2D eigenvalue weighted by Crippen LogP contribution is 2.52. The second kappa shape index (κ2) is 12.2. The van der Waals surface area contributed by atoms with Crippen LogP contribution >= 0.6 is 11.3 Å². The normalized spacial score (nSPS) is 16.2. The lowest BCUT2D eigenvalue weighted by Gasteiger charge is -2.42. The molecule has 66 heavy (non-hydrogen) atoms. The van der Waals surface area contributed by atoms with E-state index in [0.717, 1.165) is 45.0 Å². The summed E-state index contributed by atoms with van der Waals surface area (Å²) in [5, 5.41) is 9.77. The molecular formula is C60H47BN2O2S. The third-order valence-electron chi connectivity index (χ3n) is 16.2. The standard InChI is InChI=1S/C60H47BN2O2S/c1-58(2,3)32-16-18-33(19-17-32)63-48-26-42-41-25-44-45(60(6,7)23-22-59(44,4)5)29-52(41)65-51(42)28-39(48)36-20-21-37-38-24-40-34-12-8-10-14-50(34)64-53(40)31-47(38)62-49-27-43-35-13-9-11-15-54(35)66-55(43)30-46(49)61(63)56(36)57(37)62/h8-21,24-31H,22-23H2,1-7H3. The van der Waals surface area contributed by atoms with E-state index in [4.69, 9.17) is 8.83 Å². The summed E-state index contributed by atoms with van der Waals surface area (Å²) in [6, 6.07) is 51.0. The molecule has 0 amide bonds. The first-order valence-electron chi connectivity index (χ1n) is 23.6. The lowest BCUT2D eigenvalue weighted by molar-refractivity contribution is 0.332. The molecule has 0 saturated heterocycles. The number of aromatic nitrogens is 1. The van der Waals surface area contributed by atoms with E-state index in [1.54, 1.807) is 0 Å². The Balaban J connectivity index is 1.09. The SMILES string of the molecule is CC(C)(C)c1ccc(N2B3c4cc5sc6ccccc6c5cc4-n4c5cc6oc7ccccc7c6cc5c5ccc(c3c54)-c3cc4oc5cc6c(cc5c4cc32)C(C)(C)CCC6(C)C)cc1. The van der Waals surface area contributed by atoms with Crippen LogP contribution in [0.5, 0.6) is 0 Å². The van der Waals surface area contributed by atoms with Gasteiger partial charge in [-0.25, -0.2) is 0 Å². The predicted octanol–water partition coefficient (Wildman–Crippen LogP) is 15.8. The van der Waals surface area contributed by atoms with E-state index in [1.807, 2.05) is 11.3 Å². The quantitative estimate of drug-likeness (QED) is 0.154. The van der Waals surface area contributed by atoms with Crippen LogP contribution in [0.15, 0.2) is 142 Å². The molecule has 15 rings (SSSR count). The first-order valence-corrected chi connectivity index (χ1v) is 24.5. The fourth-order valence-electron chi connectivity index (χ4n) is 12.6. The molecule has 3 aliphatic rings. The van der Waals surface area contributed by atoms with Crippen LogP contribution in [0.1, 0.15) is 78.0 Å². The molecule has 6 heteroatoms. The van der Waals surface area contributed by atoms with Crippen molar-refractivity contribution in [1.29, 1.82) is 0 Å². The van der Waals surface area contributed by atoms with Crippen molar-refractivity contribution in [2.45, 2.75) is 77.6 Å². The Bertz CT molecular complexity index is 4170. The molecule has 0 fully saturated rings. The Hall–Kier alpha value is -6.76. The van der Waals surface area contributed by atoms with Gasteiger partial charge in [-0.15, -0.1) is 11.3 Å². The van der Waals surface area contributed by atoms with Crippen LogP contribution in [0.25, 0.3) is 103 Å². The number of thiophene rings is 1. The van der Waals surface area contributed by atoms with Crippen LogP contribution in [0, 0.1) is 0 Å². The summed E-state index contributed by atoms with van der Waals surface area (Å²) in [6.07, 6.45) is 2.33. The maximum Gasteiger partial charge on any atom is 0.333 e. The molecule has 6 heterocycles. The third kappa shape index (κ3) is 4.75. The zero-order chi connectivity index (χ0) is 44.3. The largest absolute Gasteiger partial charge is 0.456 e. The van der Waals surface area contributed by atoms with Crippen LogP contribution in [-0.2, 0) is 16.2 Å². The number of nitrogens with zero attached hydrogens (tertiary/aromatic N) is 2. The average Bonchev–Trinajstić information content (AvgIpc) is 4.05. The molecule has 0 unspecified atom stereocenters. The van der Waals surface area contributed by atoms with Gasteiger partial charge in [0.05, 0.1) is 11.0 Å². The van der Waals surface area contributed by atoms with Crippen molar-refractivity contribution in [3.05, 3.63) is 150 Å². The van der Waals surface area contributed by atoms with E-state index in [9.17, 15) is 0 Å². The number of anilines is 2. The molecule has 4 nitrogen and oxygen atoms in total. The van der Waals surface area contributed by atoms with E-state index < -0.39 is 0 Å². The number of benzene rings is 8. The molecule has 4 aromatic heterocycles. The van der Waals surface area contributed by atoms with E-state index in [-0.39, 0.29) is 23.1 Å². The molecule has 0 bridgehead atoms. The molecule has 0 atom stereocenters. The first kappa shape index (κ1) is 37.5. The van der Waals surface area contributed by atoms with E-state index >= 15 is 0 Å². The van der Waals surface area contributed by atoms with E-state index in [2.05, 4.69) is 191 Å². The fourth-order valence-corrected chi connectivity index (χ4v) is 13.7. The lowest BCUT2D eigenvalue weighted by Crippen LogP contribution is -2.60.